The maximum atomic E-state index is 10.9. The number of rotatable bonds is 1. The van der Waals surface area contributed by atoms with Crippen LogP contribution >= 0.6 is 11.6 Å². The highest BCUT2D eigenvalue weighted by Crippen LogP contribution is 2.28. The van der Waals surface area contributed by atoms with Crippen molar-refractivity contribution in [3.63, 3.8) is 0 Å². The molecule has 13 heavy (non-hydrogen) atoms. The van der Waals surface area contributed by atoms with Crippen molar-refractivity contribution in [3.8, 4) is 0 Å². The molecule has 0 aliphatic heterocycles. The van der Waals surface area contributed by atoms with Gasteiger partial charge in [0.05, 0.1) is 0 Å². The number of halogens is 1. The van der Waals surface area contributed by atoms with Crippen molar-refractivity contribution in [1.82, 2.24) is 0 Å². The van der Waals surface area contributed by atoms with Crippen molar-refractivity contribution in [2.75, 3.05) is 0 Å². The Morgan fingerprint density at radius 1 is 1.54 bits per heavy atom. The highest BCUT2D eigenvalue weighted by molar-refractivity contribution is 6.68. The minimum atomic E-state index is -0.384. The summed E-state index contributed by atoms with van der Waals surface area (Å²) in [4.78, 5) is 10.9. The Kier molecular flexibility index (Phi) is 2.19. The molecule has 1 nitrogen and oxygen atoms in total. The summed E-state index contributed by atoms with van der Waals surface area (Å²) in [6.07, 6.45) is 12.9. The molecule has 2 aliphatic carbocycles. The van der Waals surface area contributed by atoms with Gasteiger partial charge in [-0.15, -0.1) is 0 Å². The largest absolute Gasteiger partial charge is 0.276 e. The van der Waals surface area contributed by atoms with E-state index in [-0.39, 0.29) is 5.24 Å². The molecule has 0 amide bonds. The first-order valence-corrected chi connectivity index (χ1v) is 4.61. The van der Waals surface area contributed by atoms with Gasteiger partial charge in [-0.1, -0.05) is 30.4 Å². The molecule has 0 fully saturated rings. The van der Waals surface area contributed by atoms with Crippen molar-refractivity contribution in [1.29, 1.82) is 0 Å². The zero-order valence-electron chi connectivity index (χ0n) is 7.03. The standard InChI is InChI=1S/C11H9ClO/c12-11(13)10-6-5-8-3-1-2-4-9(8)7-10/h1-2,4-8H,3H2. The minimum absolute atomic E-state index is 0.384. The fourth-order valence-corrected chi connectivity index (χ4v) is 1.70. The van der Waals surface area contributed by atoms with Crippen molar-refractivity contribution >= 4 is 16.8 Å². The topological polar surface area (TPSA) is 17.1 Å². The van der Waals surface area contributed by atoms with E-state index in [4.69, 9.17) is 11.6 Å². The van der Waals surface area contributed by atoms with Gasteiger partial charge in [0, 0.05) is 11.5 Å². The molecule has 0 spiro atoms. The minimum Gasteiger partial charge on any atom is -0.276 e. The van der Waals surface area contributed by atoms with Crippen LogP contribution in [0.15, 0.2) is 47.6 Å². The molecule has 2 heteroatoms. The third kappa shape index (κ3) is 1.65. The second kappa shape index (κ2) is 3.35. The summed E-state index contributed by atoms with van der Waals surface area (Å²) in [5, 5.41) is -0.384. The maximum Gasteiger partial charge on any atom is 0.252 e. The van der Waals surface area contributed by atoms with Crippen LogP contribution in [0.25, 0.3) is 0 Å². The number of carbonyl (C=O) groups is 1. The van der Waals surface area contributed by atoms with Crippen molar-refractivity contribution < 1.29 is 4.79 Å². The van der Waals surface area contributed by atoms with Crippen LogP contribution in [0, 0.1) is 5.92 Å². The monoisotopic (exact) mass is 192 g/mol. The summed E-state index contributed by atoms with van der Waals surface area (Å²) >= 11 is 5.38. The first kappa shape index (κ1) is 8.52. The van der Waals surface area contributed by atoms with Crippen LogP contribution in [0.3, 0.4) is 0 Å². The molecular formula is C11H9ClO. The number of carbonyl (C=O) groups excluding carboxylic acids is 1. The van der Waals surface area contributed by atoms with Crippen molar-refractivity contribution in [2.45, 2.75) is 6.42 Å². The number of hydrogen-bond donors (Lipinski definition) is 0. The maximum absolute atomic E-state index is 10.9. The number of hydrogen-bond acceptors (Lipinski definition) is 1. The molecule has 66 valence electrons. The van der Waals surface area contributed by atoms with Gasteiger partial charge in [-0.25, -0.2) is 0 Å². The zero-order chi connectivity index (χ0) is 9.26. The third-order valence-corrected chi connectivity index (χ3v) is 2.52. The van der Waals surface area contributed by atoms with Crippen LogP contribution in [0.1, 0.15) is 6.42 Å². The summed E-state index contributed by atoms with van der Waals surface area (Å²) in [6, 6.07) is 0. The summed E-state index contributed by atoms with van der Waals surface area (Å²) < 4.78 is 0. The Labute approximate surface area is 82.1 Å². The highest BCUT2D eigenvalue weighted by Gasteiger charge is 2.16. The van der Waals surface area contributed by atoms with E-state index in [2.05, 4.69) is 6.08 Å². The van der Waals surface area contributed by atoms with Gasteiger partial charge in [0.15, 0.2) is 0 Å². The Balaban J connectivity index is 2.34. The predicted molar refractivity (Wildman–Crippen MR) is 53.4 cm³/mol. The molecular weight excluding hydrogens is 184 g/mol. The van der Waals surface area contributed by atoms with Crippen molar-refractivity contribution in [3.05, 3.63) is 47.6 Å². The van der Waals surface area contributed by atoms with E-state index in [0.29, 0.717) is 11.5 Å². The van der Waals surface area contributed by atoms with E-state index < -0.39 is 0 Å². The summed E-state index contributed by atoms with van der Waals surface area (Å²) in [6.45, 7) is 0. The van der Waals surface area contributed by atoms with Crippen LogP contribution in [-0.2, 0) is 4.79 Å². The van der Waals surface area contributed by atoms with Gasteiger partial charge in [-0.3, -0.25) is 4.79 Å². The van der Waals surface area contributed by atoms with Gasteiger partial charge in [-0.05, 0) is 29.7 Å². The average molecular weight is 193 g/mol. The first-order valence-electron chi connectivity index (χ1n) is 4.24. The lowest BCUT2D eigenvalue weighted by Crippen LogP contribution is -2.07. The van der Waals surface area contributed by atoms with E-state index >= 15 is 0 Å². The molecule has 0 aromatic heterocycles. The first-order chi connectivity index (χ1) is 6.27. The molecule has 0 saturated heterocycles. The molecule has 0 radical (unpaired) electrons. The lowest BCUT2D eigenvalue weighted by Gasteiger charge is -2.19. The van der Waals surface area contributed by atoms with Gasteiger partial charge in [0.2, 0.25) is 0 Å². The highest BCUT2D eigenvalue weighted by atomic mass is 35.5. The molecule has 2 aliphatic rings. The quantitative estimate of drug-likeness (QED) is 0.584. The fourth-order valence-electron chi connectivity index (χ4n) is 1.58. The normalized spacial score (nSPS) is 24.8. The van der Waals surface area contributed by atoms with Gasteiger partial charge >= 0.3 is 0 Å². The van der Waals surface area contributed by atoms with E-state index in [9.17, 15) is 4.79 Å². The van der Waals surface area contributed by atoms with Gasteiger partial charge in [0.25, 0.3) is 5.24 Å². The van der Waals surface area contributed by atoms with E-state index in [0.717, 1.165) is 6.42 Å². The SMILES string of the molecule is O=C(Cl)C1=CC2=CC=CCC2C=C1. The summed E-state index contributed by atoms with van der Waals surface area (Å²) in [5.74, 6) is 0.435. The van der Waals surface area contributed by atoms with Gasteiger partial charge in [-0.2, -0.15) is 0 Å². The Morgan fingerprint density at radius 2 is 2.38 bits per heavy atom. The van der Waals surface area contributed by atoms with Gasteiger partial charge in [0.1, 0.15) is 0 Å². The van der Waals surface area contributed by atoms with Crippen molar-refractivity contribution in [2.24, 2.45) is 5.92 Å². The lowest BCUT2D eigenvalue weighted by molar-refractivity contribution is -0.108. The second-order valence-electron chi connectivity index (χ2n) is 3.17. The predicted octanol–water partition coefficient (Wildman–Crippen LogP) is 2.75. The molecule has 0 aromatic carbocycles. The molecule has 0 N–H and O–H groups in total. The number of allylic oxidation sites excluding steroid dienone is 8. The Morgan fingerprint density at radius 3 is 3.15 bits per heavy atom. The lowest BCUT2D eigenvalue weighted by atomic mass is 9.86. The fraction of sp³-hybridized carbons (Fsp3) is 0.182. The van der Waals surface area contributed by atoms with E-state index in [1.54, 1.807) is 6.08 Å². The average Bonchev–Trinajstić information content (AvgIpc) is 2.17. The van der Waals surface area contributed by atoms with Gasteiger partial charge < -0.3 is 0 Å². The van der Waals surface area contributed by atoms with E-state index in [1.807, 2.05) is 24.3 Å². The van der Waals surface area contributed by atoms with Crippen LogP contribution < -0.4 is 0 Å². The van der Waals surface area contributed by atoms with Crippen LogP contribution in [0.4, 0.5) is 0 Å². The molecule has 2 rings (SSSR count). The summed E-state index contributed by atoms with van der Waals surface area (Å²) in [5.41, 5.74) is 1.76. The van der Waals surface area contributed by atoms with Crippen LogP contribution in [0.2, 0.25) is 0 Å². The molecule has 0 saturated carbocycles. The number of fused-ring (bicyclic) bond motifs is 1. The van der Waals surface area contributed by atoms with Crippen LogP contribution in [-0.4, -0.2) is 5.24 Å². The van der Waals surface area contributed by atoms with Crippen LogP contribution in [0.5, 0.6) is 0 Å². The Hall–Kier alpha value is -1.08. The molecule has 0 heterocycles. The zero-order valence-corrected chi connectivity index (χ0v) is 7.79. The second-order valence-corrected chi connectivity index (χ2v) is 3.51. The third-order valence-electron chi connectivity index (χ3n) is 2.30. The molecule has 1 atom stereocenters. The molecule has 0 bridgehead atoms. The molecule has 0 aromatic rings. The Bertz CT molecular complexity index is 358. The molecule has 1 unspecified atom stereocenters. The van der Waals surface area contributed by atoms with E-state index in [1.165, 1.54) is 5.57 Å². The smallest absolute Gasteiger partial charge is 0.252 e. The summed E-state index contributed by atoms with van der Waals surface area (Å²) in [7, 11) is 0.